The van der Waals surface area contributed by atoms with Crippen LogP contribution in [-0.4, -0.2) is 28.1 Å². The smallest absolute Gasteiger partial charge is 0.481 e. The third-order valence-corrected chi connectivity index (χ3v) is 13.1. The number of aliphatic carboxylic acids is 1. The van der Waals surface area contributed by atoms with Gasteiger partial charge in [-0.15, -0.1) is 0 Å². The van der Waals surface area contributed by atoms with Crippen LogP contribution in [0.2, 0.25) is 0 Å². The standard InChI is InChI=1S/C30H46O4.3Na/c1-25(2)21-8-11-30(7)23(28(21,5)10-9-22(25)32)20(31)16-18-19-17-27(4,24(33)34)13-12-26(19,3)14-15-29(18,30)6;;;/h16,19,21-23,32H,8-15,17H2,1-7H3,(H,33,34);;;/q;3*+1/t19-,21-,22-,23+,26+,27-,28-,29+,30+;;;/m0.../s1. The van der Waals surface area contributed by atoms with Crippen LogP contribution in [0.5, 0.6) is 0 Å². The van der Waals surface area contributed by atoms with E-state index in [0.29, 0.717) is 12.3 Å². The molecule has 0 radical (unpaired) electrons. The average Bonchev–Trinajstić information content (AvgIpc) is 2.73. The van der Waals surface area contributed by atoms with Crippen LogP contribution in [0, 0.1) is 50.2 Å². The van der Waals surface area contributed by atoms with Crippen molar-refractivity contribution >= 4 is 11.8 Å². The summed E-state index contributed by atoms with van der Waals surface area (Å²) in [5.41, 5.74) is 0.142. The Morgan fingerprint density at radius 1 is 0.865 bits per heavy atom. The van der Waals surface area contributed by atoms with Gasteiger partial charge in [0.15, 0.2) is 5.78 Å². The van der Waals surface area contributed by atoms with Gasteiger partial charge in [-0.2, -0.15) is 0 Å². The minimum absolute atomic E-state index is 0. The summed E-state index contributed by atoms with van der Waals surface area (Å²) in [6.07, 6.45) is 9.95. The molecular formula is C30H46Na3O4+3. The summed E-state index contributed by atoms with van der Waals surface area (Å²) in [4.78, 5) is 26.4. The molecule has 37 heavy (non-hydrogen) atoms. The van der Waals surface area contributed by atoms with E-state index >= 15 is 0 Å². The molecule has 190 valence electrons. The zero-order valence-electron chi connectivity index (χ0n) is 25.5. The molecule has 5 aliphatic rings. The number of hydrogen-bond acceptors (Lipinski definition) is 3. The number of carbonyl (C=O) groups is 2. The number of allylic oxidation sites excluding steroid dienone is 2. The zero-order chi connectivity index (χ0) is 25.1. The van der Waals surface area contributed by atoms with E-state index in [-0.39, 0.29) is 139 Å². The Balaban J connectivity index is 0.00000160. The van der Waals surface area contributed by atoms with Gasteiger partial charge in [-0.3, -0.25) is 9.59 Å². The quantitative estimate of drug-likeness (QED) is 0.360. The maximum absolute atomic E-state index is 14.2. The first-order valence-corrected chi connectivity index (χ1v) is 13.7. The monoisotopic (exact) mass is 539 g/mol. The molecule has 0 aromatic rings. The molecule has 7 heteroatoms. The molecule has 0 saturated heterocycles. The molecule has 5 rings (SSSR count). The Morgan fingerprint density at radius 2 is 1.46 bits per heavy atom. The molecule has 0 heterocycles. The van der Waals surface area contributed by atoms with E-state index in [1.54, 1.807) is 0 Å². The second-order valence-corrected chi connectivity index (χ2v) is 14.9. The number of hydrogen-bond donors (Lipinski definition) is 2. The van der Waals surface area contributed by atoms with Gasteiger partial charge in [-0.25, -0.2) is 0 Å². The van der Waals surface area contributed by atoms with Gasteiger partial charge in [0, 0.05) is 5.92 Å². The van der Waals surface area contributed by atoms with Crippen molar-refractivity contribution in [1.29, 1.82) is 0 Å². The topological polar surface area (TPSA) is 74.6 Å². The molecule has 0 amide bonds. The van der Waals surface area contributed by atoms with Crippen molar-refractivity contribution in [3.05, 3.63) is 11.6 Å². The fraction of sp³-hybridized carbons (Fsp3) is 0.867. The van der Waals surface area contributed by atoms with Crippen LogP contribution in [0.15, 0.2) is 11.6 Å². The van der Waals surface area contributed by atoms with Crippen LogP contribution in [0.1, 0.15) is 106 Å². The van der Waals surface area contributed by atoms with E-state index in [2.05, 4.69) is 41.5 Å². The summed E-state index contributed by atoms with van der Waals surface area (Å²) in [6, 6.07) is 0. The van der Waals surface area contributed by atoms with Crippen LogP contribution in [0.3, 0.4) is 0 Å². The number of carboxylic acid groups (broad SMARTS) is 1. The zero-order valence-corrected chi connectivity index (χ0v) is 31.5. The van der Waals surface area contributed by atoms with Crippen LogP contribution in [0.4, 0.5) is 0 Å². The molecular weight excluding hydrogens is 493 g/mol. The maximum Gasteiger partial charge on any atom is 1.00 e. The fourth-order valence-electron chi connectivity index (χ4n) is 10.4. The van der Waals surface area contributed by atoms with E-state index in [9.17, 15) is 19.8 Å². The number of carbonyl (C=O) groups excluding carboxylic acids is 1. The Morgan fingerprint density at radius 3 is 2.05 bits per heavy atom. The summed E-state index contributed by atoms with van der Waals surface area (Å²) in [7, 11) is 0. The number of aliphatic hydroxyl groups is 1. The van der Waals surface area contributed by atoms with Gasteiger partial charge < -0.3 is 10.2 Å². The molecule has 4 fully saturated rings. The molecule has 0 unspecified atom stereocenters. The van der Waals surface area contributed by atoms with Crippen molar-refractivity contribution in [2.24, 2.45) is 50.2 Å². The Kier molecular flexibility index (Phi) is 10.3. The summed E-state index contributed by atoms with van der Waals surface area (Å²) in [5.74, 6) is 0.0603. The summed E-state index contributed by atoms with van der Waals surface area (Å²) >= 11 is 0. The summed E-state index contributed by atoms with van der Waals surface area (Å²) < 4.78 is 0. The average molecular weight is 540 g/mol. The Hall–Kier alpha value is 1.84. The van der Waals surface area contributed by atoms with Gasteiger partial charge in [0.2, 0.25) is 0 Å². The molecule has 0 aromatic heterocycles. The van der Waals surface area contributed by atoms with Crippen LogP contribution >= 0.6 is 0 Å². The second kappa shape index (κ2) is 10.8. The van der Waals surface area contributed by atoms with Gasteiger partial charge in [0.05, 0.1) is 11.5 Å². The molecule has 0 spiro atoms. The van der Waals surface area contributed by atoms with E-state index in [4.69, 9.17) is 0 Å². The number of fused-ring (bicyclic) bond motifs is 7. The fourth-order valence-corrected chi connectivity index (χ4v) is 10.4. The Labute approximate surface area is 291 Å². The van der Waals surface area contributed by atoms with E-state index < -0.39 is 11.4 Å². The summed E-state index contributed by atoms with van der Waals surface area (Å²) in [6.45, 7) is 15.8. The minimum Gasteiger partial charge on any atom is -0.481 e. The molecule has 2 N–H and O–H groups in total. The predicted molar refractivity (Wildman–Crippen MR) is 133 cm³/mol. The summed E-state index contributed by atoms with van der Waals surface area (Å²) in [5, 5.41) is 20.9. The van der Waals surface area contributed by atoms with Crippen molar-refractivity contribution in [3.8, 4) is 0 Å². The largest absolute Gasteiger partial charge is 1.00 e. The van der Waals surface area contributed by atoms with Gasteiger partial charge in [0.25, 0.3) is 0 Å². The van der Waals surface area contributed by atoms with Crippen molar-refractivity contribution in [3.63, 3.8) is 0 Å². The van der Waals surface area contributed by atoms with Crippen molar-refractivity contribution in [1.82, 2.24) is 0 Å². The normalized spacial score (nSPS) is 49.7. The number of carboxylic acids is 1. The van der Waals surface area contributed by atoms with Crippen molar-refractivity contribution < 1.29 is 108 Å². The molecule has 4 nitrogen and oxygen atoms in total. The number of rotatable bonds is 1. The predicted octanol–water partition coefficient (Wildman–Crippen LogP) is -2.58. The second-order valence-electron chi connectivity index (χ2n) is 14.9. The first kappa shape index (κ1) is 35.0. The van der Waals surface area contributed by atoms with Gasteiger partial charge in [-0.05, 0) is 110 Å². The molecule has 9 atom stereocenters. The first-order chi connectivity index (χ1) is 15.6. The molecule has 5 aliphatic carbocycles. The van der Waals surface area contributed by atoms with E-state index in [1.807, 2.05) is 13.0 Å². The van der Waals surface area contributed by atoms with Gasteiger partial charge in [-0.1, -0.05) is 47.1 Å². The number of aliphatic hydroxyl groups excluding tert-OH is 1. The molecule has 0 bridgehead atoms. The molecule has 0 aliphatic heterocycles. The number of ketones is 1. The van der Waals surface area contributed by atoms with Gasteiger partial charge in [0.1, 0.15) is 0 Å². The Bertz CT molecular complexity index is 980. The molecule has 0 aromatic carbocycles. The minimum atomic E-state index is -0.711. The molecule has 4 saturated carbocycles. The first-order valence-electron chi connectivity index (χ1n) is 13.7. The van der Waals surface area contributed by atoms with Crippen molar-refractivity contribution in [2.75, 3.05) is 0 Å². The third-order valence-electron chi connectivity index (χ3n) is 13.1. The maximum atomic E-state index is 14.2. The van der Waals surface area contributed by atoms with Crippen LogP contribution in [0.25, 0.3) is 0 Å². The van der Waals surface area contributed by atoms with Crippen LogP contribution in [-0.2, 0) is 9.59 Å². The van der Waals surface area contributed by atoms with E-state index in [1.165, 1.54) is 5.57 Å². The van der Waals surface area contributed by atoms with Gasteiger partial charge >= 0.3 is 94.6 Å². The third kappa shape index (κ3) is 4.69. The SMILES string of the molecule is CC1(C)[C@@H](O)CC[C@]2(C)[C@H]3C(=O)C=C4[C@@H]5C[C@@](C)(C(=O)O)CC[C@]5(C)CC[C@@]4(C)[C@]3(C)CC[C@@H]12.[Na+].[Na+].[Na+]. The van der Waals surface area contributed by atoms with Crippen LogP contribution < -0.4 is 88.7 Å². The van der Waals surface area contributed by atoms with E-state index in [0.717, 1.165) is 51.4 Å². The van der Waals surface area contributed by atoms with Crippen molar-refractivity contribution in [2.45, 2.75) is 112 Å².